The zero-order chi connectivity index (χ0) is 17.2. The number of aliphatic hydroxyl groups is 1. The van der Waals surface area contributed by atoms with Crippen LogP contribution in [0.3, 0.4) is 0 Å². The number of aromatic amines is 1. The van der Waals surface area contributed by atoms with Gasteiger partial charge in [-0.3, -0.25) is 0 Å². The largest absolute Gasteiger partial charge is 0.416 e. The van der Waals surface area contributed by atoms with Crippen LogP contribution < -0.4 is 4.90 Å². The maximum Gasteiger partial charge on any atom is 0.416 e. The molecule has 9 heteroatoms. The van der Waals surface area contributed by atoms with E-state index >= 15 is 0 Å². The Hall–Kier alpha value is -2.68. The van der Waals surface area contributed by atoms with Gasteiger partial charge in [-0.25, -0.2) is 9.97 Å². The molecular formula is C15H14F3N5O. The zero-order valence-electron chi connectivity index (χ0n) is 12.5. The summed E-state index contributed by atoms with van der Waals surface area (Å²) in [5.41, 5.74) is 0.592. The van der Waals surface area contributed by atoms with Crippen molar-refractivity contribution in [2.24, 2.45) is 0 Å². The van der Waals surface area contributed by atoms with Crippen molar-refractivity contribution in [2.75, 3.05) is 18.1 Å². The first-order valence-corrected chi connectivity index (χ1v) is 7.21. The summed E-state index contributed by atoms with van der Waals surface area (Å²) in [6.07, 6.45) is -1.10. The number of benzene rings is 1. The van der Waals surface area contributed by atoms with Gasteiger partial charge in [0.25, 0.3) is 0 Å². The molecule has 0 spiro atoms. The molecule has 0 saturated carbocycles. The quantitative estimate of drug-likeness (QED) is 0.748. The van der Waals surface area contributed by atoms with Gasteiger partial charge in [-0.05, 0) is 24.6 Å². The second-order valence-corrected chi connectivity index (χ2v) is 5.09. The monoisotopic (exact) mass is 337 g/mol. The lowest BCUT2D eigenvalue weighted by atomic mass is 10.2. The van der Waals surface area contributed by atoms with Crippen LogP contribution in [0.25, 0.3) is 11.2 Å². The van der Waals surface area contributed by atoms with Gasteiger partial charge in [-0.15, -0.1) is 0 Å². The molecule has 0 saturated heterocycles. The Balaban J connectivity index is 2.02. The number of aliphatic hydroxyl groups excluding tert-OH is 1. The standard InChI is InChI=1S/C15H14F3N5O/c16-15(17,18)10-3-1-4-11(7-10)23(5-2-6-24)14-19-8-12-13(22-14)21-9-20-12/h1,3-4,7-9,24H,2,5-6H2,(H,19,20,21,22). The molecule has 0 bridgehead atoms. The fraction of sp³-hybridized carbons (Fsp3) is 0.267. The Labute approximate surface area is 135 Å². The predicted molar refractivity (Wildman–Crippen MR) is 81.8 cm³/mol. The summed E-state index contributed by atoms with van der Waals surface area (Å²) in [7, 11) is 0. The number of aromatic nitrogens is 4. The Kier molecular flexibility index (Phi) is 4.34. The average Bonchev–Trinajstić information content (AvgIpc) is 3.02. The van der Waals surface area contributed by atoms with E-state index in [-0.39, 0.29) is 19.1 Å². The first-order valence-electron chi connectivity index (χ1n) is 7.21. The fourth-order valence-corrected chi connectivity index (χ4v) is 2.28. The number of halogens is 3. The first-order chi connectivity index (χ1) is 11.5. The van der Waals surface area contributed by atoms with Gasteiger partial charge >= 0.3 is 6.18 Å². The third kappa shape index (κ3) is 3.30. The van der Waals surface area contributed by atoms with Gasteiger partial charge in [0, 0.05) is 18.8 Å². The second kappa shape index (κ2) is 6.44. The van der Waals surface area contributed by atoms with Crippen LogP contribution in [-0.2, 0) is 6.18 Å². The minimum absolute atomic E-state index is 0.0971. The van der Waals surface area contributed by atoms with Gasteiger partial charge in [-0.1, -0.05) is 6.07 Å². The Bertz CT molecular complexity index is 833. The number of imidazole rings is 1. The highest BCUT2D eigenvalue weighted by Gasteiger charge is 2.31. The van der Waals surface area contributed by atoms with Crippen LogP contribution in [0.2, 0.25) is 0 Å². The molecule has 6 nitrogen and oxygen atoms in total. The molecule has 0 atom stereocenters. The molecule has 3 rings (SSSR count). The van der Waals surface area contributed by atoms with Crippen molar-refractivity contribution in [1.82, 2.24) is 19.9 Å². The van der Waals surface area contributed by atoms with Gasteiger partial charge in [0.2, 0.25) is 5.95 Å². The smallest absolute Gasteiger partial charge is 0.396 e. The van der Waals surface area contributed by atoms with Crippen LogP contribution in [0.1, 0.15) is 12.0 Å². The molecule has 0 unspecified atom stereocenters. The molecule has 0 aliphatic heterocycles. The molecule has 126 valence electrons. The van der Waals surface area contributed by atoms with E-state index in [9.17, 15) is 13.2 Å². The van der Waals surface area contributed by atoms with E-state index in [0.29, 0.717) is 23.3 Å². The maximum atomic E-state index is 12.9. The maximum absolute atomic E-state index is 12.9. The van der Waals surface area contributed by atoms with Crippen LogP contribution in [0.15, 0.2) is 36.8 Å². The van der Waals surface area contributed by atoms with E-state index in [4.69, 9.17) is 5.11 Å². The van der Waals surface area contributed by atoms with Gasteiger partial charge in [0.05, 0.1) is 18.1 Å². The molecule has 0 aliphatic carbocycles. The van der Waals surface area contributed by atoms with Crippen molar-refractivity contribution in [1.29, 1.82) is 0 Å². The van der Waals surface area contributed by atoms with Crippen LogP contribution in [0.4, 0.5) is 24.8 Å². The van der Waals surface area contributed by atoms with E-state index in [2.05, 4.69) is 19.9 Å². The molecule has 0 fully saturated rings. The van der Waals surface area contributed by atoms with Crippen LogP contribution in [0.5, 0.6) is 0 Å². The molecule has 2 heterocycles. The van der Waals surface area contributed by atoms with Crippen LogP contribution in [-0.4, -0.2) is 38.2 Å². The van der Waals surface area contributed by atoms with E-state index in [1.165, 1.54) is 23.5 Å². The van der Waals surface area contributed by atoms with Crippen LogP contribution in [0, 0.1) is 0 Å². The molecule has 1 aromatic carbocycles. The van der Waals surface area contributed by atoms with E-state index < -0.39 is 11.7 Å². The summed E-state index contributed by atoms with van der Waals surface area (Å²) in [5, 5.41) is 9.07. The number of nitrogens with one attached hydrogen (secondary N) is 1. The highest BCUT2D eigenvalue weighted by Crippen LogP contribution is 2.33. The summed E-state index contributed by atoms with van der Waals surface area (Å²) in [4.78, 5) is 16.9. The van der Waals surface area contributed by atoms with Crippen molar-refractivity contribution in [3.63, 3.8) is 0 Å². The van der Waals surface area contributed by atoms with Gasteiger partial charge in [0.15, 0.2) is 5.65 Å². The molecule has 2 N–H and O–H groups in total. The minimum Gasteiger partial charge on any atom is -0.396 e. The summed E-state index contributed by atoms with van der Waals surface area (Å²) in [6, 6.07) is 4.92. The molecule has 0 aliphatic rings. The van der Waals surface area contributed by atoms with Gasteiger partial charge in [0.1, 0.15) is 5.52 Å². The van der Waals surface area contributed by atoms with Crippen molar-refractivity contribution < 1.29 is 18.3 Å². The van der Waals surface area contributed by atoms with Gasteiger partial charge in [-0.2, -0.15) is 18.2 Å². The molecule has 3 aromatic rings. The molecular weight excluding hydrogens is 323 g/mol. The number of hydrogen-bond acceptors (Lipinski definition) is 5. The summed E-state index contributed by atoms with van der Waals surface area (Å²) >= 11 is 0. The van der Waals surface area contributed by atoms with E-state index in [1.807, 2.05) is 0 Å². The lowest BCUT2D eigenvalue weighted by Crippen LogP contribution is -2.22. The predicted octanol–water partition coefficient (Wildman–Crippen LogP) is 2.89. The topological polar surface area (TPSA) is 77.9 Å². The highest BCUT2D eigenvalue weighted by molar-refractivity contribution is 5.71. The molecule has 0 radical (unpaired) electrons. The van der Waals surface area contributed by atoms with Crippen molar-refractivity contribution in [3.05, 3.63) is 42.4 Å². The number of H-pyrrole nitrogens is 1. The number of fused-ring (bicyclic) bond motifs is 1. The normalized spacial score (nSPS) is 11.8. The van der Waals surface area contributed by atoms with Gasteiger partial charge < -0.3 is 15.0 Å². The summed E-state index contributed by atoms with van der Waals surface area (Å²) in [6.45, 7) is 0.174. The fourth-order valence-electron chi connectivity index (χ4n) is 2.28. The molecule has 0 amide bonds. The number of anilines is 2. The highest BCUT2D eigenvalue weighted by atomic mass is 19.4. The number of rotatable bonds is 5. The Morgan fingerprint density at radius 3 is 2.79 bits per heavy atom. The van der Waals surface area contributed by atoms with E-state index in [0.717, 1.165) is 12.1 Å². The van der Waals surface area contributed by atoms with Crippen molar-refractivity contribution in [3.8, 4) is 0 Å². The summed E-state index contributed by atoms with van der Waals surface area (Å²) in [5.74, 6) is 0.224. The summed E-state index contributed by atoms with van der Waals surface area (Å²) < 4.78 is 38.8. The molecule has 2 aromatic heterocycles. The lowest BCUT2D eigenvalue weighted by Gasteiger charge is -2.23. The van der Waals surface area contributed by atoms with E-state index in [1.54, 1.807) is 6.07 Å². The zero-order valence-corrected chi connectivity index (χ0v) is 12.5. The van der Waals surface area contributed by atoms with Crippen molar-refractivity contribution >= 4 is 22.8 Å². The van der Waals surface area contributed by atoms with Crippen molar-refractivity contribution in [2.45, 2.75) is 12.6 Å². The Morgan fingerprint density at radius 2 is 2.04 bits per heavy atom. The SMILES string of the molecule is OCCCN(c1cccc(C(F)(F)F)c1)c1ncc2[nH]cnc2n1. The average molecular weight is 337 g/mol. The van der Waals surface area contributed by atoms with Crippen LogP contribution >= 0.6 is 0 Å². The second-order valence-electron chi connectivity index (χ2n) is 5.09. The minimum atomic E-state index is -4.44. The third-order valence-electron chi connectivity index (χ3n) is 3.43. The number of alkyl halides is 3. The first kappa shape index (κ1) is 16.2. The third-order valence-corrected chi connectivity index (χ3v) is 3.43. The number of hydrogen-bond donors (Lipinski definition) is 2. The molecule has 24 heavy (non-hydrogen) atoms. The Morgan fingerprint density at radius 1 is 1.21 bits per heavy atom. The lowest BCUT2D eigenvalue weighted by molar-refractivity contribution is -0.137. The number of nitrogens with zero attached hydrogens (tertiary/aromatic N) is 4.